The van der Waals surface area contributed by atoms with Gasteiger partial charge in [0.2, 0.25) is 21.7 Å². The molecule has 0 saturated carbocycles. The number of aromatic nitrogens is 2. The number of thiophene rings is 1. The molecule has 4 rings (SSSR count). The monoisotopic (exact) mass is 446 g/mol. The van der Waals surface area contributed by atoms with Gasteiger partial charge >= 0.3 is 0 Å². The van der Waals surface area contributed by atoms with E-state index in [9.17, 15) is 13.2 Å². The summed E-state index contributed by atoms with van der Waals surface area (Å²) in [5.74, 6) is 0.461. The van der Waals surface area contributed by atoms with Crippen molar-refractivity contribution in [3.8, 4) is 10.7 Å². The number of amides is 1. The van der Waals surface area contributed by atoms with E-state index in [2.05, 4.69) is 15.5 Å². The van der Waals surface area contributed by atoms with Crippen molar-refractivity contribution in [2.24, 2.45) is 0 Å². The predicted octanol–water partition coefficient (Wildman–Crippen LogP) is 3.04. The maximum atomic E-state index is 12.5. The van der Waals surface area contributed by atoms with Gasteiger partial charge < -0.3 is 9.84 Å². The molecule has 1 aliphatic heterocycles. The van der Waals surface area contributed by atoms with Gasteiger partial charge in [0.25, 0.3) is 5.91 Å². The second-order valence-electron chi connectivity index (χ2n) is 7.08. The number of nitrogens with one attached hydrogen (secondary N) is 1. The lowest BCUT2D eigenvalue weighted by Gasteiger charge is -2.25. The van der Waals surface area contributed by atoms with Crippen LogP contribution in [0.5, 0.6) is 0 Å². The van der Waals surface area contributed by atoms with Crippen LogP contribution in [0.3, 0.4) is 0 Å². The maximum Gasteiger partial charge on any atom is 0.251 e. The Morgan fingerprint density at radius 2 is 1.90 bits per heavy atom. The average Bonchev–Trinajstić information content (AvgIpc) is 3.45. The van der Waals surface area contributed by atoms with E-state index in [4.69, 9.17) is 4.52 Å². The lowest BCUT2D eigenvalue weighted by molar-refractivity contribution is 0.0946. The van der Waals surface area contributed by atoms with E-state index in [-0.39, 0.29) is 18.2 Å². The molecule has 0 atom stereocenters. The number of sulfonamides is 1. The zero-order chi connectivity index (χ0) is 21.0. The third kappa shape index (κ3) is 4.94. The quantitative estimate of drug-likeness (QED) is 0.598. The first kappa shape index (κ1) is 20.7. The zero-order valence-corrected chi connectivity index (χ0v) is 17.9. The third-order valence-corrected chi connectivity index (χ3v) is 7.60. The highest BCUT2D eigenvalue weighted by Crippen LogP contribution is 2.21. The molecule has 1 aliphatic rings. The molecule has 30 heavy (non-hydrogen) atoms. The lowest BCUT2D eigenvalue weighted by Crippen LogP contribution is -2.36. The molecular formula is C20H22N4O4S2. The summed E-state index contributed by atoms with van der Waals surface area (Å²) in [4.78, 5) is 17.5. The van der Waals surface area contributed by atoms with E-state index in [0.717, 1.165) is 24.1 Å². The van der Waals surface area contributed by atoms with Crippen LogP contribution in [0.25, 0.3) is 10.7 Å². The number of benzene rings is 1. The fourth-order valence-corrected chi connectivity index (χ4v) is 5.55. The number of piperidine rings is 1. The number of carbonyl (C=O) groups is 1. The van der Waals surface area contributed by atoms with Crippen LogP contribution in [-0.4, -0.2) is 41.9 Å². The van der Waals surface area contributed by atoms with Gasteiger partial charge in [0.1, 0.15) is 0 Å². The molecule has 0 spiro atoms. The van der Waals surface area contributed by atoms with Gasteiger partial charge in [-0.2, -0.15) is 4.98 Å². The van der Waals surface area contributed by atoms with Crippen molar-refractivity contribution in [2.75, 3.05) is 13.1 Å². The molecule has 0 unspecified atom stereocenters. The smallest absolute Gasteiger partial charge is 0.251 e. The van der Waals surface area contributed by atoms with Crippen LogP contribution >= 0.6 is 11.3 Å². The van der Waals surface area contributed by atoms with Crippen LogP contribution in [0.1, 0.15) is 41.1 Å². The molecule has 0 radical (unpaired) electrons. The first-order chi connectivity index (χ1) is 14.5. The fourth-order valence-electron chi connectivity index (χ4n) is 3.29. The van der Waals surface area contributed by atoms with Crippen molar-refractivity contribution in [3.05, 3.63) is 58.8 Å². The zero-order valence-electron chi connectivity index (χ0n) is 16.3. The molecule has 3 heterocycles. The van der Waals surface area contributed by atoms with E-state index >= 15 is 0 Å². The van der Waals surface area contributed by atoms with Gasteiger partial charge in [-0.15, -0.1) is 11.3 Å². The van der Waals surface area contributed by atoms with E-state index in [1.807, 2.05) is 17.5 Å². The minimum Gasteiger partial charge on any atom is -0.343 e. The number of rotatable bonds is 7. The summed E-state index contributed by atoms with van der Waals surface area (Å²) in [5, 5.41) is 8.57. The van der Waals surface area contributed by atoms with Crippen LogP contribution in [0.15, 0.2) is 46.3 Å². The summed E-state index contributed by atoms with van der Waals surface area (Å²) >= 11 is 1.51. The van der Waals surface area contributed by atoms with Crippen LogP contribution in [-0.2, 0) is 22.3 Å². The number of nitrogens with zero attached hydrogens (tertiary/aromatic N) is 3. The van der Waals surface area contributed by atoms with Gasteiger partial charge in [-0.25, -0.2) is 12.7 Å². The van der Waals surface area contributed by atoms with Crippen molar-refractivity contribution in [2.45, 2.75) is 31.6 Å². The molecule has 10 heteroatoms. The van der Waals surface area contributed by atoms with Crippen LogP contribution < -0.4 is 5.32 Å². The molecule has 1 fully saturated rings. The first-order valence-corrected chi connectivity index (χ1v) is 12.2. The Morgan fingerprint density at radius 1 is 1.13 bits per heavy atom. The normalized spacial score (nSPS) is 15.2. The molecule has 1 amide bonds. The molecule has 8 nitrogen and oxygen atoms in total. The molecule has 1 N–H and O–H groups in total. The molecule has 158 valence electrons. The Bertz CT molecular complexity index is 1090. The van der Waals surface area contributed by atoms with Crippen molar-refractivity contribution in [3.63, 3.8) is 0 Å². The second-order valence-corrected chi connectivity index (χ2v) is 10.0. The molecule has 0 bridgehead atoms. The summed E-state index contributed by atoms with van der Waals surface area (Å²) in [6.45, 7) is 1.29. The van der Waals surface area contributed by atoms with Gasteiger partial charge in [0.15, 0.2) is 0 Å². The van der Waals surface area contributed by atoms with Gasteiger partial charge in [0.05, 0.1) is 17.2 Å². The van der Waals surface area contributed by atoms with Crippen LogP contribution in [0, 0.1) is 0 Å². The number of hydrogen-bond donors (Lipinski definition) is 1. The van der Waals surface area contributed by atoms with Crippen molar-refractivity contribution < 1.29 is 17.7 Å². The van der Waals surface area contributed by atoms with E-state index < -0.39 is 10.0 Å². The highest BCUT2D eigenvalue weighted by molar-refractivity contribution is 7.88. The molecular weight excluding hydrogens is 424 g/mol. The third-order valence-electron chi connectivity index (χ3n) is 4.88. The van der Waals surface area contributed by atoms with Gasteiger partial charge in [-0.1, -0.05) is 29.8 Å². The Labute approximate surface area is 179 Å². The van der Waals surface area contributed by atoms with Gasteiger partial charge in [-0.05, 0) is 42.0 Å². The summed E-state index contributed by atoms with van der Waals surface area (Å²) < 4.78 is 31.8. The molecule has 2 aromatic heterocycles. The predicted molar refractivity (Wildman–Crippen MR) is 113 cm³/mol. The Morgan fingerprint density at radius 3 is 2.60 bits per heavy atom. The highest BCUT2D eigenvalue weighted by Gasteiger charge is 2.24. The highest BCUT2D eigenvalue weighted by atomic mass is 32.2. The Hall–Kier alpha value is -2.56. The Balaban J connectivity index is 1.33. The average molecular weight is 447 g/mol. The number of hydrogen-bond acceptors (Lipinski definition) is 7. The van der Waals surface area contributed by atoms with E-state index in [1.165, 1.54) is 11.3 Å². The minimum absolute atomic E-state index is 0.0532. The number of carbonyl (C=O) groups excluding carboxylic acids is 1. The standard InChI is InChI=1S/C20H22N4O4S2/c25-20(21-13-18-22-19(23-28-18)17-5-4-12-29-17)16-8-6-15(7-9-16)14-30(26,27)24-10-2-1-3-11-24/h4-9,12H,1-3,10-11,13-14H2,(H,21,25). The van der Waals surface area contributed by atoms with Crippen molar-refractivity contribution in [1.29, 1.82) is 0 Å². The van der Waals surface area contributed by atoms with Crippen molar-refractivity contribution in [1.82, 2.24) is 19.8 Å². The van der Waals surface area contributed by atoms with Gasteiger partial charge in [0, 0.05) is 18.7 Å². The molecule has 0 aliphatic carbocycles. The summed E-state index contributed by atoms with van der Waals surface area (Å²) in [6.07, 6.45) is 2.90. The molecule has 1 saturated heterocycles. The Kier molecular flexibility index (Phi) is 6.26. The molecule has 3 aromatic rings. The lowest BCUT2D eigenvalue weighted by atomic mass is 10.1. The van der Waals surface area contributed by atoms with E-state index in [1.54, 1.807) is 28.6 Å². The fraction of sp³-hybridized carbons (Fsp3) is 0.350. The van der Waals surface area contributed by atoms with Crippen LogP contribution in [0.2, 0.25) is 0 Å². The maximum absolute atomic E-state index is 12.5. The first-order valence-electron chi connectivity index (χ1n) is 9.73. The molecule has 1 aromatic carbocycles. The summed E-state index contributed by atoms with van der Waals surface area (Å²) in [6, 6.07) is 10.4. The van der Waals surface area contributed by atoms with Gasteiger partial charge in [-0.3, -0.25) is 4.79 Å². The van der Waals surface area contributed by atoms with E-state index in [0.29, 0.717) is 35.9 Å². The summed E-state index contributed by atoms with van der Waals surface area (Å²) in [5.41, 5.74) is 1.10. The topological polar surface area (TPSA) is 105 Å². The second kappa shape index (κ2) is 9.07. The minimum atomic E-state index is -3.33. The largest absolute Gasteiger partial charge is 0.343 e. The summed E-state index contributed by atoms with van der Waals surface area (Å²) in [7, 11) is -3.33. The van der Waals surface area contributed by atoms with Crippen molar-refractivity contribution >= 4 is 27.3 Å². The van der Waals surface area contributed by atoms with Crippen LogP contribution in [0.4, 0.5) is 0 Å². The SMILES string of the molecule is O=C(NCc1nc(-c2cccs2)no1)c1ccc(CS(=O)(=O)N2CCCCC2)cc1.